The van der Waals surface area contributed by atoms with Gasteiger partial charge in [0.15, 0.2) is 11.6 Å². The quantitative estimate of drug-likeness (QED) is 0.366. The van der Waals surface area contributed by atoms with Gasteiger partial charge in [0.1, 0.15) is 0 Å². The number of hydrogen-bond acceptors (Lipinski definition) is 8. The highest BCUT2D eigenvalue weighted by molar-refractivity contribution is 5.91. The van der Waals surface area contributed by atoms with Crippen LogP contribution in [0.5, 0.6) is 0 Å². The van der Waals surface area contributed by atoms with Crippen molar-refractivity contribution in [3.63, 3.8) is 0 Å². The molecule has 0 bridgehead atoms. The zero-order valence-electron chi connectivity index (χ0n) is 20.8. The predicted molar refractivity (Wildman–Crippen MR) is 141 cm³/mol. The van der Waals surface area contributed by atoms with Gasteiger partial charge in [-0.15, -0.1) is 10.2 Å². The molecule has 0 radical (unpaired) electrons. The number of nitrogens with one attached hydrogen (secondary N) is 2. The number of carbonyl (C=O) groups excluding carboxylic acids is 2. The van der Waals surface area contributed by atoms with E-state index in [4.69, 9.17) is 0 Å². The lowest BCUT2D eigenvalue weighted by Crippen LogP contribution is -2.19. The SMILES string of the molecule is O=C(Cc1ccccn1)Nc1ccc([C@@H]2CCC[C@H](c3ccc(NC(=O)Cc4ccccn4)nn3)C2)nn1. The van der Waals surface area contributed by atoms with E-state index in [1.165, 1.54) is 0 Å². The van der Waals surface area contributed by atoms with E-state index in [0.29, 0.717) is 23.0 Å². The average Bonchev–Trinajstić information content (AvgIpc) is 2.95. The first-order valence-electron chi connectivity index (χ1n) is 12.7. The van der Waals surface area contributed by atoms with E-state index in [2.05, 4.69) is 41.0 Å². The topological polar surface area (TPSA) is 136 Å². The summed E-state index contributed by atoms with van der Waals surface area (Å²) in [5.41, 5.74) is 3.21. The van der Waals surface area contributed by atoms with Crippen LogP contribution in [0.1, 0.15) is 60.3 Å². The monoisotopic (exact) mass is 508 g/mol. The van der Waals surface area contributed by atoms with Crippen molar-refractivity contribution in [1.29, 1.82) is 0 Å². The number of rotatable bonds is 8. The molecule has 4 aromatic rings. The van der Waals surface area contributed by atoms with Gasteiger partial charge >= 0.3 is 0 Å². The molecular weight excluding hydrogens is 480 g/mol. The highest BCUT2D eigenvalue weighted by Crippen LogP contribution is 2.40. The maximum Gasteiger partial charge on any atom is 0.231 e. The lowest BCUT2D eigenvalue weighted by atomic mass is 9.78. The fraction of sp³-hybridized carbons (Fsp3) is 0.286. The fourth-order valence-corrected chi connectivity index (χ4v) is 4.69. The highest BCUT2D eigenvalue weighted by atomic mass is 16.2. The first kappa shape index (κ1) is 25.1. The molecule has 1 aliphatic carbocycles. The van der Waals surface area contributed by atoms with Crippen molar-refractivity contribution in [3.8, 4) is 0 Å². The van der Waals surface area contributed by atoms with Crippen molar-refractivity contribution < 1.29 is 9.59 Å². The Balaban J connectivity index is 1.14. The summed E-state index contributed by atoms with van der Waals surface area (Å²) in [6.07, 6.45) is 7.67. The van der Waals surface area contributed by atoms with Gasteiger partial charge in [0.25, 0.3) is 0 Å². The molecule has 5 rings (SSSR count). The predicted octanol–water partition coefficient (Wildman–Crippen LogP) is 3.86. The third-order valence-electron chi connectivity index (χ3n) is 6.55. The molecule has 192 valence electrons. The van der Waals surface area contributed by atoms with Crippen molar-refractivity contribution in [2.45, 2.75) is 50.4 Å². The molecule has 1 saturated carbocycles. The van der Waals surface area contributed by atoms with Crippen LogP contribution in [0.3, 0.4) is 0 Å². The van der Waals surface area contributed by atoms with Crippen LogP contribution in [-0.4, -0.2) is 42.2 Å². The highest BCUT2D eigenvalue weighted by Gasteiger charge is 2.27. The van der Waals surface area contributed by atoms with Crippen LogP contribution in [0.25, 0.3) is 0 Å². The van der Waals surface area contributed by atoms with Crippen LogP contribution in [0, 0.1) is 0 Å². The van der Waals surface area contributed by atoms with Gasteiger partial charge in [-0.05, 0) is 67.8 Å². The van der Waals surface area contributed by atoms with Crippen LogP contribution >= 0.6 is 0 Å². The number of carbonyl (C=O) groups is 2. The van der Waals surface area contributed by atoms with Crippen molar-refractivity contribution >= 4 is 23.5 Å². The Bertz CT molecular complexity index is 1240. The van der Waals surface area contributed by atoms with Crippen molar-refractivity contribution in [2.24, 2.45) is 0 Å². The Labute approximate surface area is 220 Å². The zero-order chi connectivity index (χ0) is 26.2. The van der Waals surface area contributed by atoms with E-state index >= 15 is 0 Å². The van der Waals surface area contributed by atoms with Gasteiger partial charge in [0.2, 0.25) is 11.8 Å². The Morgan fingerprint density at radius 3 is 1.55 bits per heavy atom. The number of amides is 2. The smallest absolute Gasteiger partial charge is 0.231 e. The summed E-state index contributed by atoms with van der Waals surface area (Å²) in [7, 11) is 0. The molecule has 4 heterocycles. The molecule has 1 fully saturated rings. The molecule has 0 aromatic carbocycles. The second-order valence-corrected chi connectivity index (χ2v) is 9.34. The van der Waals surface area contributed by atoms with Crippen LogP contribution in [0.2, 0.25) is 0 Å². The van der Waals surface area contributed by atoms with Crippen LogP contribution < -0.4 is 10.6 Å². The molecule has 10 nitrogen and oxygen atoms in total. The number of pyridine rings is 2. The summed E-state index contributed by atoms with van der Waals surface area (Å²) < 4.78 is 0. The number of nitrogens with zero attached hydrogens (tertiary/aromatic N) is 6. The van der Waals surface area contributed by atoms with E-state index in [1.54, 1.807) is 24.5 Å². The summed E-state index contributed by atoms with van der Waals surface area (Å²) in [5.74, 6) is 0.983. The first-order chi connectivity index (χ1) is 18.6. The number of aromatic nitrogens is 6. The molecule has 1 aliphatic rings. The van der Waals surface area contributed by atoms with Gasteiger partial charge in [0, 0.05) is 35.6 Å². The van der Waals surface area contributed by atoms with E-state index in [9.17, 15) is 9.59 Å². The summed E-state index contributed by atoms with van der Waals surface area (Å²) in [5, 5.41) is 22.8. The summed E-state index contributed by atoms with van der Waals surface area (Å²) in [4.78, 5) is 32.9. The minimum absolute atomic E-state index is 0.182. The normalized spacial score (nSPS) is 16.9. The Hall–Kier alpha value is -4.60. The summed E-state index contributed by atoms with van der Waals surface area (Å²) >= 11 is 0. The Kier molecular flexibility index (Phi) is 7.98. The van der Waals surface area contributed by atoms with Crippen LogP contribution in [0.15, 0.2) is 73.1 Å². The Morgan fingerprint density at radius 2 is 1.16 bits per heavy atom. The molecule has 4 aromatic heterocycles. The number of anilines is 2. The molecule has 0 aliphatic heterocycles. The third kappa shape index (κ3) is 6.78. The lowest BCUT2D eigenvalue weighted by Gasteiger charge is -2.28. The van der Waals surface area contributed by atoms with Crippen LogP contribution in [-0.2, 0) is 22.4 Å². The molecule has 0 unspecified atom stereocenters. The molecule has 2 N–H and O–H groups in total. The second-order valence-electron chi connectivity index (χ2n) is 9.34. The lowest BCUT2D eigenvalue weighted by molar-refractivity contribution is -0.116. The minimum atomic E-state index is -0.182. The summed E-state index contributed by atoms with van der Waals surface area (Å²) in [6.45, 7) is 0. The van der Waals surface area contributed by atoms with Crippen molar-refractivity contribution in [1.82, 2.24) is 30.4 Å². The van der Waals surface area contributed by atoms with Gasteiger partial charge in [-0.25, -0.2) is 0 Å². The van der Waals surface area contributed by atoms with Crippen molar-refractivity contribution in [3.05, 3.63) is 95.8 Å². The number of hydrogen-bond donors (Lipinski definition) is 2. The summed E-state index contributed by atoms with van der Waals surface area (Å²) in [6, 6.07) is 18.4. The molecule has 10 heteroatoms. The molecular formula is C28H28N8O2. The van der Waals surface area contributed by atoms with Crippen molar-refractivity contribution in [2.75, 3.05) is 10.6 Å². The largest absolute Gasteiger partial charge is 0.309 e. The fourth-order valence-electron chi connectivity index (χ4n) is 4.69. The van der Waals surface area contributed by atoms with E-state index < -0.39 is 0 Å². The zero-order valence-corrected chi connectivity index (χ0v) is 20.8. The first-order valence-corrected chi connectivity index (χ1v) is 12.7. The molecule has 2 amide bonds. The van der Waals surface area contributed by atoms with Gasteiger partial charge in [-0.2, -0.15) is 10.2 Å². The third-order valence-corrected chi connectivity index (χ3v) is 6.55. The van der Waals surface area contributed by atoms with Gasteiger partial charge < -0.3 is 10.6 Å². The molecule has 38 heavy (non-hydrogen) atoms. The van der Waals surface area contributed by atoms with Crippen LogP contribution in [0.4, 0.5) is 11.6 Å². The van der Waals surface area contributed by atoms with Gasteiger partial charge in [0.05, 0.1) is 24.2 Å². The molecule has 0 spiro atoms. The average molecular weight is 509 g/mol. The van der Waals surface area contributed by atoms with E-state index in [1.807, 2.05) is 48.5 Å². The second kappa shape index (κ2) is 12.1. The maximum atomic E-state index is 12.3. The van der Waals surface area contributed by atoms with Gasteiger partial charge in [-0.1, -0.05) is 18.6 Å². The molecule has 2 atom stereocenters. The standard InChI is InChI=1S/C28H28N8O2/c37-27(17-21-8-1-3-14-29-21)31-25-12-10-23(33-35-25)19-6-5-7-20(16-19)24-11-13-26(36-34-24)32-28(38)18-22-9-2-4-15-30-22/h1-4,8-15,19-20H,5-7,16-18H2,(H,31,35,37)(H,32,36,38)/t19-,20+. The maximum absolute atomic E-state index is 12.3. The Morgan fingerprint density at radius 1 is 0.658 bits per heavy atom. The van der Waals surface area contributed by atoms with Gasteiger partial charge in [-0.3, -0.25) is 19.6 Å². The van der Waals surface area contributed by atoms with E-state index in [0.717, 1.165) is 37.1 Å². The minimum Gasteiger partial charge on any atom is -0.309 e. The van der Waals surface area contributed by atoms with E-state index in [-0.39, 0.29) is 36.5 Å². The molecule has 0 saturated heterocycles.